The standard InChI is InChI=1S/C21H19BrN2O/c22-18-10-12-19(13-11-18)23-15-21(25)24-20-9-5-4-8-17(20)14-16-6-2-1-3-7-16/h1-13,23H,14-15H2,(H,24,25). The highest BCUT2D eigenvalue weighted by molar-refractivity contribution is 9.10. The average molecular weight is 395 g/mol. The summed E-state index contributed by atoms with van der Waals surface area (Å²) in [4.78, 5) is 12.3. The summed E-state index contributed by atoms with van der Waals surface area (Å²) in [5.74, 6) is -0.0663. The molecule has 0 aliphatic carbocycles. The van der Waals surface area contributed by atoms with Gasteiger partial charge in [-0.25, -0.2) is 0 Å². The van der Waals surface area contributed by atoms with E-state index in [9.17, 15) is 4.79 Å². The van der Waals surface area contributed by atoms with Gasteiger partial charge in [0.2, 0.25) is 5.91 Å². The topological polar surface area (TPSA) is 41.1 Å². The first kappa shape index (κ1) is 17.2. The minimum Gasteiger partial charge on any atom is -0.376 e. The lowest BCUT2D eigenvalue weighted by Crippen LogP contribution is -2.22. The Morgan fingerprint density at radius 1 is 0.840 bits per heavy atom. The number of benzene rings is 3. The Morgan fingerprint density at radius 2 is 1.52 bits per heavy atom. The predicted octanol–water partition coefficient (Wildman–Crippen LogP) is 5.09. The van der Waals surface area contributed by atoms with Gasteiger partial charge in [-0.2, -0.15) is 0 Å². The van der Waals surface area contributed by atoms with Crippen LogP contribution in [0.2, 0.25) is 0 Å². The molecule has 3 nitrogen and oxygen atoms in total. The smallest absolute Gasteiger partial charge is 0.243 e. The molecule has 25 heavy (non-hydrogen) atoms. The van der Waals surface area contributed by atoms with Crippen molar-refractivity contribution < 1.29 is 4.79 Å². The van der Waals surface area contributed by atoms with Gasteiger partial charge in [-0.15, -0.1) is 0 Å². The number of nitrogens with one attached hydrogen (secondary N) is 2. The fraction of sp³-hybridized carbons (Fsp3) is 0.0952. The Bertz CT molecular complexity index is 832. The van der Waals surface area contributed by atoms with Crippen LogP contribution in [0.4, 0.5) is 11.4 Å². The summed E-state index contributed by atoms with van der Waals surface area (Å²) >= 11 is 3.40. The van der Waals surface area contributed by atoms with Crippen molar-refractivity contribution in [3.63, 3.8) is 0 Å². The molecule has 4 heteroatoms. The molecular weight excluding hydrogens is 376 g/mol. The van der Waals surface area contributed by atoms with Crippen molar-refractivity contribution >= 4 is 33.2 Å². The highest BCUT2D eigenvalue weighted by Crippen LogP contribution is 2.19. The van der Waals surface area contributed by atoms with Gasteiger partial charge in [0.05, 0.1) is 6.54 Å². The summed E-state index contributed by atoms with van der Waals surface area (Å²) in [6.07, 6.45) is 0.789. The molecule has 3 aromatic carbocycles. The Balaban J connectivity index is 1.62. The van der Waals surface area contributed by atoms with Gasteiger partial charge < -0.3 is 10.6 Å². The van der Waals surface area contributed by atoms with Gasteiger partial charge >= 0.3 is 0 Å². The molecule has 0 aliphatic heterocycles. The van der Waals surface area contributed by atoms with Crippen LogP contribution in [0, 0.1) is 0 Å². The van der Waals surface area contributed by atoms with Crippen LogP contribution in [0.25, 0.3) is 0 Å². The highest BCUT2D eigenvalue weighted by Gasteiger charge is 2.07. The molecule has 126 valence electrons. The van der Waals surface area contributed by atoms with E-state index >= 15 is 0 Å². The summed E-state index contributed by atoms with van der Waals surface area (Å²) in [7, 11) is 0. The van der Waals surface area contributed by atoms with E-state index in [-0.39, 0.29) is 12.5 Å². The van der Waals surface area contributed by atoms with Crippen molar-refractivity contribution in [3.05, 3.63) is 94.5 Å². The second-order valence-electron chi connectivity index (χ2n) is 5.73. The second-order valence-corrected chi connectivity index (χ2v) is 6.64. The molecule has 0 spiro atoms. The number of hydrogen-bond acceptors (Lipinski definition) is 2. The molecule has 3 aromatic rings. The number of carbonyl (C=O) groups excluding carboxylic acids is 1. The molecule has 0 heterocycles. The first-order valence-electron chi connectivity index (χ1n) is 8.12. The molecule has 0 aromatic heterocycles. The molecule has 0 radical (unpaired) electrons. The molecule has 0 saturated carbocycles. The van der Waals surface area contributed by atoms with Crippen LogP contribution >= 0.6 is 15.9 Å². The third kappa shape index (κ3) is 5.19. The van der Waals surface area contributed by atoms with Gasteiger partial charge in [0.25, 0.3) is 0 Å². The Morgan fingerprint density at radius 3 is 2.28 bits per heavy atom. The van der Waals surface area contributed by atoms with Crippen molar-refractivity contribution in [3.8, 4) is 0 Å². The monoisotopic (exact) mass is 394 g/mol. The maximum absolute atomic E-state index is 12.3. The van der Waals surface area contributed by atoms with Crippen LogP contribution in [0.3, 0.4) is 0 Å². The lowest BCUT2D eigenvalue weighted by molar-refractivity contribution is -0.114. The molecule has 0 fully saturated rings. The summed E-state index contributed by atoms with van der Waals surface area (Å²) in [6.45, 7) is 0.224. The quantitative estimate of drug-likeness (QED) is 0.611. The maximum atomic E-state index is 12.3. The van der Waals surface area contributed by atoms with Gasteiger partial charge in [-0.05, 0) is 47.9 Å². The molecule has 0 aliphatic rings. The Labute approximate surface area is 156 Å². The minimum atomic E-state index is -0.0663. The van der Waals surface area contributed by atoms with Crippen molar-refractivity contribution in [1.82, 2.24) is 0 Å². The van der Waals surface area contributed by atoms with Crippen LogP contribution in [0.1, 0.15) is 11.1 Å². The second kappa shape index (κ2) is 8.49. The van der Waals surface area contributed by atoms with E-state index < -0.39 is 0 Å². The SMILES string of the molecule is O=C(CNc1ccc(Br)cc1)Nc1ccccc1Cc1ccccc1. The van der Waals surface area contributed by atoms with Crippen molar-refractivity contribution in [2.45, 2.75) is 6.42 Å². The van der Waals surface area contributed by atoms with Gasteiger partial charge in [0.15, 0.2) is 0 Å². The maximum Gasteiger partial charge on any atom is 0.243 e. The van der Waals surface area contributed by atoms with Gasteiger partial charge in [0.1, 0.15) is 0 Å². The van der Waals surface area contributed by atoms with Crippen molar-refractivity contribution in [1.29, 1.82) is 0 Å². The van der Waals surface area contributed by atoms with E-state index in [1.165, 1.54) is 5.56 Å². The zero-order valence-corrected chi connectivity index (χ0v) is 15.3. The van der Waals surface area contributed by atoms with E-state index in [2.05, 4.69) is 38.7 Å². The first-order chi connectivity index (χ1) is 12.2. The molecule has 1 amide bonds. The Hall–Kier alpha value is -2.59. The summed E-state index contributed by atoms with van der Waals surface area (Å²) in [6, 6.07) is 25.9. The first-order valence-corrected chi connectivity index (χ1v) is 8.91. The van der Waals surface area contributed by atoms with Gasteiger partial charge in [-0.1, -0.05) is 64.5 Å². The van der Waals surface area contributed by atoms with E-state index in [1.54, 1.807) is 0 Å². The van der Waals surface area contributed by atoms with E-state index in [1.807, 2.05) is 66.7 Å². The van der Waals surface area contributed by atoms with Crippen LogP contribution in [-0.2, 0) is 11.2 Å². The summed E-state index contributed by atoms with van der Waals surface area (Å²) in [5.41, 5.74) is 4.09. The third-order valence-corrected chi connectivity index (χ3v) is 4.35. The Kier molecular flexibility index (Phi) is 5.86. The fourth-order valence-electron chi connectivity index (χ4n) is 2.56. The van der Waals surface area contributed by atoms with Gasteiger partial charge in [0, 0.05) is 15.8 Å². The number of rotatable bonds is 6. The average Bonchev–Trinajstić information content (AvgIpc) is 2.64. The van der Waals surface area contributed by atoms with E-state index in [0.717, 1.165) is 27.8 Å². The fourth-order valence-corrected chi connectivity index (χ4v) is 2.82. The highest BCUT2D eigenvalue weighted by atomic mass is 79.9. The van der Waals surface area contributed by atoms with Crippen LogP contribution < -0.4 is 10.6 Å². The minimum absolute atomic E-state index is 0.0663. The lowest BCUT2D eigenvalue weighted by atomic mass is 10.0. The number of hydrogen-bond donors (Lipinski definition) is 2. The van der Waals surface area contributed by atoms with Crippen LogP contribution in [-0.4, -0.2) is 12.5 Å². The molecule has 0 saturated heterocycles. The van der Waals surface area contributed by atoms with E-state index in [0.29, 0.717) is 0 Å². The molecule has 0 bridgehead atoms. The summed E-state index contributed by atoms with van der Waals surface area (Å²) < 4.78 is 1.01. The number of carbonyl (C=O) groups is 1. The molecular formula is C21H19BrN2O. The molecule has 2 N–H and O–H groups in total. The normalized spacial score (nSPS) is 10.3. The molecule has 3 rings (SSSR count). The zero-order valence-electron chi connectivity index (χ0n) is 13.7. The van der Waals surface area contributed by atoms with Crippen molar-refractivity contribution in [2.75, 3.05) is 17.2 Å². The zero-order chi connectivity index (χ0) is 17.5. The summed E-state index contributed by atoms with van der Waals surface area (Å²) in [5, 5.41) is 6.13. The van der Waals surface area contributed by atoms with E-state index in [4.69, 9.17) is 0 Å². The predicted molar refractivity (Wildman–Crippen MR) is 107 cm³/mol. The van der Waals surface area contributed by atoms with Gasteiger partial charge in [-0.3, -0.25) is 4.79 Å². The largest absolute Gasteiger partial charge is 0.376 e. The van der Waals surface area contributed by atoms with Crippen molar-refractivity contribution in [2.24, 2.45) is 0 Å². The molecule has 0 atom stereocenters. The van der Waals surface area contributed by atoms with Crippen LogP contribution in [0.15, 0.2) is 83.3 Å². The number of amides is 1. The number of halogens is 1. The lowest BCUT2D eigenvalue weighted by Gasteiger charge is -2.12. The molecule has 0 unspecified atom stereocenters. The number of para-hydroxylation sites is 1. The third-order valence-electron chi connectivity index (χ3n) is 3.83. The number of anilines is 2. The van der Waals surface area contributed by atoms with Crippen LogP contribution in [0.5, 0.6) is 0 Å².